The van der Waals surface area contributed by atoms with Crippen LogP contribution >= 0.6 is 0 Å². The molecule has 0 aromatic heterocycles. The van der Waals surface area contributed by atoms with Gasteiger partial charge in [0.2, 0.25) is 0 Å². The fourth-order valence-corrected chi connectivity index (χ4v) is 1.93. The standard InChI is InChI=1S/C12H15NO3/c1-2-16-12(15)9-7-13-10-6-4-3-5-8(10)11(9)14/h3-6,9,11,13-14H,2,7H2,1H3. The number of aliphatic hydroxyl groups is 1. The average Bonchev–Trinajstić information content (AvgIpc) is 2.30. The van der Waals surface area contributed by atoms with Gasteiger partial charge in [-0.3, -0.25) is 4.79 Å². The van der Waals surface area contributed by atoms with Crippen molar-refractivity contribution in [2.24, 2.45) is 5.92 Å². The molecule has 0 aliphatic carbocycles. The Bertz CT molecular complexity index is 392. The van der Waals surface area contributed by atoms with E-state index in [2.05, 4.69) is 5.32 Å². The van der Waals surface area contributed by atoms with Gasteiger partial charge in [0.1, 0.15) is 5.92 Å². The van der Waals surface area contributed by atoms with Crippen LogP contribution in [0.1, 0.15) is 18.6 Å². The second-order valence-electron chi connectivity index (χ2n) is 3.77. The Balaban J connectivity index is 2.21. The number of fused-ring (bicyclic) bond motifs is 1. The van der Waals surface area contributed by atoms with Crippen molar-refractivity contribution in [2.75, 3.05) is 18.5 Å². The Labute approximate surface area is 94.2 Å². The van der Waals surface area contributed by atoms with E-state index in [0.29, 0.717) is 13.2 Å². The van der Waals surface area contributed by atoms with Crippen LogP contribution in [0.15, 0.2) is 24.3 Å². The summed E-state index contributed by atoms with van der Waals surface area (Å²) in [7, 11) is 0. The lowest BCUT2D eigenvalue weighted by atomic mass is 9.91. The highest BCUT2D eigenvalue weighted by Crippen LogP contribution is 2.33. The molecule has 0 bridgehead atoms. The van der Waals surface area contributed by atoms with Crippen LogP contribution < -0.4 is 5.32 Å². The number of hydrogen-bond donors (Lipinski definition) is 2. The fourth-order valence-electron chi connectivity index (χ4n) is 1.93. The Hall–Kier alpha value is -1.55. The minimum atomic E-state index is -0.781. The summed E-state index contributed by atoms with van der Waals surface area (Å²) in [5, 5.41) is 13.2. The van der Waals surface area contributed by atoms with Crippen molar-refractivity contribution in [2.45, 2.75) is 13.0 Å². The number of carbonyl (C=O) groups is 1. The first-order valence-electron chi connectivity index (χ1n) is 5.41. The number of anilines is 1. The van der Waals surface area contributed by atoms with Gasteiger partial charge in [-0.25, -0.2) is 0 Å². The molecule has 16 heavy (non-hydrogen) atoms. The summed E-state index contributed by atoms with van der Waals surface area (Å²) in [5.41, 5.74) is 1.64. The Morgan fingerprint density at radius 1 is 1.56 bits per heavy atom. The lowest BCUT2D eigenvalue weighted by molar-refractivity contribution is -0.151. The summed E-state index contributed by atoms with van der Waals surface area (Å²) in [6, 6.07) is 7.44. The van der Waals surface area contributed by atoms with E-state index >= 15 is 0 Å². The Morgan fingerprint density at radius 2 is 2.31 bits per heavy atom. The van der Waals surface area contributed by atoms with Gasteiger partial charge in [-0.2, -0.15) is 0 Å². The molecule has 2 unspecified atom stereocenters. The molecule has 0 saturated carbocycles. The number of nitrogens with one attached hydrogen (secondary N) is 1. The van der Waals surface area contributed by atoms with Crippen LogP contribution in [-0.4, -0.2) is 24.2 Å². The van der Waals surface area contributed by atoms with E-state index < -0.39 is 12.0 Å². The maximum Gasteiger partial charge on any atom is 0.313 e. The highest BCUT2D eigenvalue weighted by atomic mass is 16.5. The molecule has 0 radical (unpaired) electrons. The summed E-state index contributed by atoms with van der Waals surface area (Å²) in [6.45, 7) is 2.51. The average molecular weight is 221 g/mol. The summed E-state index contributed by atoms with van der Waals surface area (Å²) >= 11 is 0. The van der Waals surface area contributed by atoms with E-state index in [1.807, 2.05) is 24.3 Å². The minimum Gasteiger partial charge on any atom is -0.466 e. The Morgan fingerprint density at radius 3 is 3.06 bits per heavy atom. The first kappa shape index (κ1) is 11.0. The molecule has 86 valence electrons. The van der Waals surface area contributed by atoms with Gasteiger partial charge in [-0.05, 0) is 13.0 Å². The SMILES string of the molecule is CCOC(=O)C1CNc2ccccc2C1O. The van der Waals surface area contributed by atoms with Crippen LogP contribution in [0.2, 0.25) is 0 Å². The third-order valence-corrected chi connectivity index (χ3v) is 2.76. The highest BCUT2D eigenvalue weighted by molar-refractivity contribution is 5.76. The van der Waals surface area contributed by atoms with E-state index in [1.54, 1.807) is 6.92 Å². The van der Waals surface area contributed by atoms with Gasteiger partial charge < -0.3 is 15.2 Å². The summed E-state index contributed by atoms with van der Waals surface area (Å²) in [6.07, 6.45) is -0.781. The van der Waals surface area contributed by atoms with Gasteiger partial charge >= 0.3 is 5.97 Å². The molecule has 0 amide bonds. The second-order valence-corrected chi connectivity index (χ2v) is 3.77. The summed E-state index contributed by atoms with van der Waals surface area (Å²) in [4.78, 5) is 11.6. The molecule has 4 heteroatoms. The third-order valence-electron chi connectivity index (χ3n) is 2.76. The van der Waals surface area contributed by atoms with Crippen LogP contribution in [0.4, 0.5) is 5.69 Å². The molecule has 0 spiro atoms. The van der Waals surface area contributed by atoms with E-state index in [4.69, 9.17) is 4.74 Å². The molecule has 1 aromatic rings. The van der Waals surface area contributed by atoms with Crippen molar-refractivity contribution in [1.29, 1.82) is 0 Å². The predicted octanol–water partition coefficient (Wildman–Crippen LogP) is 1.32. The number of benzene rings is 1. The molecule has 2 atom stereocenters. The summed E-state index contributed by atoms with van der Waals surface area (Å²) in [5.74, 6) is -0.869. The molecular weight excluding hydrogens is 206 g/mol. The second kappa shape index (κ2) is 4.53. The van der Waals surface area contributed by atoms with Crippen LogP contribution in [0.5, 0.6) is 0 Å². The maximum atomic E-state index is 11.6. The van der Waals surface area contributed by atoms with Gasteiger partial charge in [0.25, 0.3) is 0 Å². The van der Waals surface area contributed by atoms with Gasteiger partial charge in [-0.15, -0.1) is 0 Å². The maximum absolute atomic E-state index is 11.6. The van der Waals surface area contributed by atoms with Crippen molar-refractivity contribution in [3.63, 3.8) is 0 Å². The van der Waals surface area contributed by atoms with Gasteiger partial charge in [0.05, 0.1) is 12.7 Å². The normalized spacial score (nSPS) is 23.1. The predicted molar refractivity (Wildman–Crippen MR) is 60.0 cm³/mol. The van der Waals surface area contributed by atoms with E-state index in [1.165, 1.54) is 0 Å². The quantitative estimate of drug-likeness (QED) is 0.740. The molecule has 0 fully saturated rings. The number of para-hydroxylation sites is 1. The van der Waals surface area contributed by atoms with Gasteiger partial charge in [0, 0.05) is 17.8 Å². The minimum absolute atomic E-state index is 0.337. The van der Waals surface area contributed by atoms with E-state index in [0.717, 1.165) is 11.3 Å². The molecule has 1 heterocycles. The molecule has 2 rings (SSSR count). The highest BCUT2D eigenvalue weighted by Gasteiger charge is 2.33. The number of ether oxygens (including phenoxy) is 1. The van der Waals surface area contributed by atoms with Crippen LogP contribution in [0, 0.1) is 5.92 Å². The van der Waals surface area contributed by atoms with E-state index in [-0.39, 0.29) is 5.97 Å². The topological polar surface area (TPSA) is 58.6 Å². The van der Waals surface area contributed by atoms with Crippen molar-refractivity contribution in [3.8, 4) is 0 Å². The molecule has 1 aromatic carbocycles. The third kappa shape index (κ3) is 1.88. The molecule has 1 aliphatic rings. The molecular formula is C12H15NO3. The van der Waals surface area contributed by atoms with Crippen LogP contribution in [0.3, 0.4) is 0 Å². The van der Waals surface area contributed by atoms with Gasteiger partial charge in [-0.1, -0.05) is 18.2 Å². The van der Waals surface area contributed by atoms with Crippen molar-refractivity contribution in [3.05, 3.63) is 29.8 Å². The van der Waals surface area contributed by atoms with Crippen molar-refractivity contribution >= 4 is 11.7 Å². The zero-order valence-electron chi connectivity index (χ0n) is 9.14. The lowest BCUT2D eigenvalue weighted by Gasteiger charge is -2.29. The zero-order valence-corrected chi connectivity index (χ0v) is 9.14. The molecule has 1 aliphatic heterocycles. The first-order valence-corrected chi connectivity index (χ1v) is 5.41. The van der Waals surface area contributed by atoms with Crippen molar-refractivity contribution < 1.29 is 14.6 Å². The fraction of sp³-hybridized carbons (Fsp3) is 0.417. The number of aliphatic hydroxyl groups excluding tert-OH is 1. The molecule has 0 saturated heterocycles. The smallest absolute Gasteiger partial charge is 0.313 e. The Kier molecular flexibility index (Phi) is 3.10. The monoisotopic (exact) mass is 221 g/mol. The number of esters is 1. The number of hydrogen-bond acceptors (Lipinski definition) is 4. The van der Waals surface area contributed by atoms with Crippen LogP contribution in [0.25, 0.3) is 0 Å². The van der Waals surface area contributed by atoms with Crippen molar-refractivity contribution in [1.82, 2.24) is 0 Å². The largest absolute Gasteiger partial charge is 0.466 e. The zero-order chi connectivity index (χ0) is 11.5. The number of carbonyl (C=O) groups excluding carboxylic acids is 1. The first-order chi connectivity index (χ1) is 7.74. The molecule has 4 nitrogen and oxygen atoms in total. The summed E-state index contributed by atoms with van der Waals surface area (Å²) < 4.78 is 4.93. The number of rotatable bonds is 2. The van der Waals surface area contributed by atoms with Crippen LogP contribution in [-0.2, 0) is 9.53 Å². The van der Waals surface area contributed by atoms with Gasteiger partial charge in [0.15, 0.2) is 0 Å². The van der Waals surface area contributed by atoms with E-state index in [9.17, 15) is 9.90 Å². The molecule has 2 N–H and O–H groups in total. The lowest BCUT2D eigenvalue weighted by Crippen LogP contribution is -2.34.